The Kier molecular flexibility index (Phi) is 12.8. The van der Waals surface area contributed by atoms with Gasteiger partial charge in [-0.25, -0.2) is 0 Å². The van der Waals surface area contributed by atoms with Crippen molar-refractivity contribution in [3.8, 4) is 0 Å². The number of carboxylic acid groups (broad SMARTS) is 6. The van der Waals surface area contributed by atoms with E-state index >= 15 is 0 Å². The maximum atomic E-state index is 11.3. The Hall–Kier alpha value is -3.26. The molecule has 0 amide bonds. The van der Waals surface area contributed by atoms with Gasteiger partial charge in [0.15, 0.2) is 0 Å². The van der Waals surface area contributed by atoms with Gasteiger partial charge in [-0.1, -0.05) is 34.6 Å². The third-order valence-corrected chi connectivity index (χ3v) is 6.96. The van der Waals surface area contributed by atoms with Crippen molar-refractivity contribution in [1.82, 2.24) is 0 Å². The fourth-order valence-electron chi connectivity index (χ4n) is 4.48. The molecule has 0 aromatic carbocycles. The number of hydrogen-bond donors (Lipinski definition) is 2. The van der Waals surface area contributed by atoms with E-state index in [1.807, 2.05) is 0 Å². The number of carbonyl (C=O) groups excluding carboxylic acids is 6. The van der Waals surface area contributed by atoms with Crippen molar-refractivity contribution >= 4 is 35.8 Å². The second kappa shape index (κ2) is 13.2. The van der Waals surface area contributed by atoms with Gasteiger partial charge in [0.25, 0.3) is 0 Å². The Bertz CT molecular complexity index is 842. The van der Waals surface area contributed by atoms with Gasteiger partial charge in [0.2, 0.25) is 0 Å². The van der Waals surface area contributed by atoms with E-state index in [-0.39, 0.29) is 32.1 Å². The predicted molar refractivity (Wildman–Crippen MR) is 104 cm³/mol. The van der Waals surface area contributed by atoms with Crippen molar-refractivity contribution in [2.45, 2.75) is 84.3 Å². The molecule has 14 nitrogen and oxygen atoms in total. The van der Waals surface area contributed by atoms with Crippen molar-refractivity contribution in [2.75, 3.05) is 0 Å². The van der Waals surface area contributed by atoms with Crippen LogP contribution >= 0.6 is 0 Å². The van der Waals surface area contributed by atoms with E-state index < -0.39 is 70.2 Å². The van der Waals surface area contributed by atoms with Crippen LogP contribution in [-0.4, -0.2) is 57.2 Å². The van der Waals surface area contributed by atoms with Crippen LogP contribution in [0.25, 0.3) is 0 Å². The number of hydrogen-bond acceptors (Lipinski definition) is 14. The lowest BCUT2D eigenvalue weighted by Crippen LogP contribution is -2.70. The highest BCUT2D eigenvalue weighted by Crippen LogP contribution is 2.44. The van der Waals surface area contributed by atoms with Crippen LogP contribution in [-0.2, 0) is 28.8 Å². The average Bonchev–Trinajstić information content (AvgIpc) is 2.75. The zero-order chi connectivity index (χ0) is 29.3. The highest BCUT2D eigenvalue weighted by molar-refractivity contribution is 5.91. The molecule has 0 rings (SSSR count). The summed E-state index contributed by atoms with van der Waals surface area (Å²) in [7, 11) is 0. The van der Waals surface area contributed by atoms with Crippen LogP contribution < -0.4 is 30.6 Å². The van der Waals surface area contributed by atoms with Crippen LogP contribution in [0.15, 0.2) is 0 Å². The third-order valence-electron chi connectivity index (χ3n) is 6.96. The molecule has 0 spiro atoms. The molecule has 3 atom stereocenters. The van der Waals surface area contributed by atoms with Crippen molar-refractivity contribution < 1.29 is 69.6 Å². The van der Waals surface area contributed by atoms with Crippen LogP contribution in [0.3, 0.4) is 0 Å². The fraction of sp³-hybridized carbons (Fsp3) is 0.727. The summed E-state index contributed by atoms with van der Waals surface area (Å²) < 4.78 is 0. The third kappa shape index (κ3) is 5.93. The first-order valence-electron chi connectivity index (χ1n) is 11.0. The number of aliphatic hydroxyl groups is 2. The number of aliphatic carboxylic acids is 6. The number of carboxylic acids is 6. The summed E-state index contributed by atoms with van der Waals surface area (Å²) in [5, 5.41) is 86.1. The molecule has 14 heteroatoms. The number of carbonyl (C=O) groups is 6. The number of rotatable bonds is 15. The minimum Gasteiger partial charge on any atom is -0.550 e. The van der Waals surface area contributed by atoms with E-state index in [4.69, 9.17) is 0 Å². The van der Waals surface area contributed by atoms with Crippen LogP contribution in [0.5, 0.6) is 0 Å². The monoisotopic (exact) mass is 518 g/mol. The smallest absolute Gasteiger partial charge is 0.123 e. The molecular formula is C22H30O14-6. The largest absolute Gasteiger partial charge is 0.550 e. The van der Waals surface area contributed by atoms with Crippen LogP contribution in [0.1, 0.15) is 73.1 Å². The second-order valence-electron chi connectivity index (χ2n) is 8.18. The van der Waals surface area contributed by atoms with E-state index in [0.29, 0.717) is 0 Å². The van der Waals surface area contributed by atoms with E-state index in [1.165, 1.54) is 34.6 Å². The predicted octanol–water partition coefficient (Wildman–Crippen LogP) is -7.04. The average molecular weight is 518 g/mol. The van der Waals surface area contributed by atoms with Crippen molar-refractivity contribution in [3.63, 3.8) is 0 Å². The van der Waals surface area contributed by atoms with E-state index in [0.717, 1.165) is 0 Å². The summed E-state index contributed by atoms with van der Waals surface area (Å²) in [5.41, 5.74) is -10.6. The summed E-state index contributed by atoms with van der Waals surface area (Å²) in [6.45, 7) is 6.58. The lowest BCUT2D eigenvalue weighted by atomic mass is 9.61. The normalized spacial score (nSPS) is 15.8. The molecule has 0 fully saturated rings. The first-order valence-corrected chi connectivity index (χ1v) is 11.0. The van der Waals surface area contributed by atoms with Gasteiger partial charge >= 0.3 is 0 Å². The van der Waals surface area contributed by atoms with E-state index in [2.05, 4.69) is 0 Å². The molecule has 3 unspecified atom stereocenters. The SMILES string of the molecule is CCC(C(=O)[O-])C(O)(C(=O)[O-])C(CC)(CC)C(=O)[O-].CCC(CC)(C(=O)[O-])C(O)(CC(=O)[O-])C(=O)[O-]. The highest BCUT2D eigenvalue weighted by atomic mass is 16.4. The molecule has 36 heavy (non-hydrogen) atoms. The van der Waals surface area contributed by atoms with Gasteiger partial charge in [0.05, 0.1) is 23.9 Å². The van der Waals surface area contributed by atoms with Gasteiger partial charge in [0, 0.05) is 35.1 Å². The van der Waals surface area contributed by atoms with Gasteiger partial charge < -0.3 is 69.6 Å². The minimum absolute atomic E-state index is 0.316. The Balaban J connectivity index is 0. The first kappa shape index (κ1) is 34.9. The van der Waals surface area contributed by atoms with E-state index in [9.17, 15) is 69.6 Å². The highest BCUT2D eigenvalue weighted by Gasteiger charge is 2.55. The van der Waals surface area contributed by atoms with E-state index in [1.54, 1.807) is 0 Å². The van der Waals surface area contributed by atoms with Gasteiger partial charge in [-0.2, -0.15) is 0 Å². The van der Waals surface area contributed by atoms with Gasteiger partial charge in [-0.05, 0) is 32.1 Å². The maximum Gasteiger partial charge on any atom is 0.123 e. The van der Waals surface area contributed by atoms with Crippen LogP contribution in [0, 0.1) is 16.7 Å². The Labute approximate surface area is 207 Å². The molecule has 0 aliphatic heterocycles. The Morgan fingerprint density at radius 3 is 1.14 bits per heavy atom. The van der Waals surface area contributed by atoms with Crippen molar-refractivity contribution in [2.24, 2.45) is 16.7 Å². The van der Waals surface area contributed by atoms with Crippen molar-refractivity contribution in [3.05, 3.63) is 0 Å². The molecule has 0 radical (unpaired) electrons. The lowest BCUT2D eigenvalue weighted by Gasteiger charge is -2.52. The topological polar surface area (TPSA) is 281 Å². The molecule has 2 N–H and O–H groups in total. The molecule has 208 valence electrons. The molecule has 0 aliphatic rings. The van der Waals surface area contributed by atoms with Crippen molar-refractivity contribution in [1.29, 1.82) is 0 Å². The molecule has 0 heterocycles. The summed E-state index contributed by atoms with van der Waals surface area (Å²) in [6.07, 6.45) is -2.96. The first-order chi connectivity index (χ1) is 16.3. The molecule has 0 saturated carbocycles. The Morgan fingerprint density at radius 2 is 0.972 bits per heavy atom. The molecule has 0 aromatic heterocycles. The Morgan fingerprint density at radius 1 is 0.611 bits per heavy atom. The zero-order valence-electron chi connectivity index (χ0n) is 20.6. The summed E-state index contributed by atoms with van der Waals surface area (Å²) in [5.74, 6) is -13.6. The second-order valence-corrected chi connectivity index (χ2v) is 8.18. The van der Waals surface area contributed by atoms with Crippen LogP contribution in [0.4, 0.5) is 0 Å². The summed E-state index contributed by atoms with van der Waals surface area (Å²) in [4.78, 5) is 65.9. The molecule has 0 aromatic rings. The molecule has 0 saturated heterocycles. The van der Waals surface area contributed by atoms with Crippen LogP contribution in [0.2, 0.25) is 0 Å². The summed E-state index contributed by atoms with van der Waals surface area (Å²) >= 11 is 0. The van der Waals surface area contributed by atoms with Gasteiger partial charge in [0.1, 0.15) is 11.2 Å². The quantitative estimate of drug-likeness (QED) is 0.204. The molecule has 0 aliphatic carbocycles. The maximum absolute atomic E-state index is 11.3. The van der Waals surface area contributed by atoms with Gasteiger partial charge in [-0.15, -0.1) is 0 Å². The van der Waals surface area contributed by atoms with Gasteiger partial charge in [-0.3, -0.25) is 0 Å². The fourth-order valence-corrected chi connectivity index (χ4v) is 4.48. The molecular weight excluding hydrogens is 488 g/mol. The molecule has 0 bridgehead atoms. The standard InChI is InChI=1S/C12H20O7.C10H16O7/c1-4-7(8(13)14)12(19,10(17)18)11(5-2,6-3)9(15)16;1-3-9(4-2,7(13)14)10(17,8(15)16)5-6(11)12/h7,19H,4-6H2,1-3H3,(H,13,14)(H,15,16)(H,17,18);17H,3-5H2,1-2H3,(H,11,12)(H,13,14)(H,15,16)/p-6. The summed E-state index contributed by atoms with van der Waals surface area (Å²) in [6, 6.07) is 0. The minimum atomic E-state index is -3.09. The zero-order valence-corrected chi connectivity index (χ0v) is 20.6. The lowest BCUT2D eigenvalue weighted by molar-refractivity contribution is -0.364.